The number of aliphatic hydroxyl groups excluding tert-OH is 9. The molecule has 0 saturated carbocycles. The average molecular weight is 953 g/mol. The molecule has 0 spiro atoms. The molecule has 0 amide bonds. The van der Waals surface area contributed by atoms with E-state index in [9.17, 15) is 9.59 Å². The number of aliphatic hydroxyl groups is 9. The summed E-state index contributed by atoms with van der Waals surface area (Å²) in [4.78, 5) is 20.8. The zero-order valence-electron chi connectivity index (χ0n) is 42.5. The third-order valence-electron chi connectivity index (χ3n) is 10.6. The lowest BCUT2D eigenvalue weighted by atomic mass is 10.1. The molecule has 0 atom stereocenters. The lowest BCUT2D eigenvalue weighted by molar-refractivity contribution is -0.138. The summed E-state index contributed by atoms with van der Waals surface area (Å²) >= 11 is 0. The van der Waals surface area contributed by atoms with Crippen molar-refractivity contribution < 1.29 is 65.8 Å². The summed E-state index contributed by atoms with van der Waals surface area (Å²) in [6.45, 7) is 2.36. The van der Waals surface area contributed by atoms with Crippen LogP contribution >= 0.6 is 0 Å². The Morgan fingerprint density at radius 3 is 0.621 bits per heavy atom. The summed E-state index contributed by atoms with van der Waals surface area (Å²) in [5.74, 6) is -1.31. The predicted molar refractivity (Wildman–Crippen MR) is 272 cm³/mol. The predicted octanol–water partition coefficient (Wildman–Crippen LogP) is 10.3. The summed E-state index contributed by atoms with van der Waals surface area (Å²) in [6, 6.07) is 0. The normalized spacial score (nSPS) is 11.0. The van der Waals surface area contributed by atoms with E-state index in [0.717, 1.165) is 25.7 Å². The van der Waals surface area contributed by atoms with Crippen LogP contribution in [0.5, 0.6) is 0 Å². The molecule has 0 aromatic rings. The third kappa shape index (κ3) is 85.4. The Bertz CT molecular complexity index is 841. The van der Waals surface area contributed by atoms with Crippen LogP contribution in [-0.2, 0) is 9.59 Å². The van der Waals surface area contributed by atoms with Crippen LogP contribution < -0.4 is 0 Å². The van der Waals surface area contributed by atoms with Crippen LogP contribution in [0.3, 0.4) is 0 Å². The maximum atomic E-state index is 10.4. The topological polar surface area (TPSA) is 257 Å². The van der Waals surface area contributed by atoms with Gasteiger partial charge in [-0.15, -0.1) is 0 Å². The Morgan fingerprint density at radius 1 is 0.303 bits per heavy atom. The molecular weight excluding hydrogens is 845 g/mol. The number of carboxylic acid groups (broad SMARTS) is 2. The highest BCUT2D eigenvalue weighted by Crippen LogP contribution is 2.14. The first-order valence-electron chi connectivity index (χ1n) is 26.4. The molecule has 0 unspecified atom stereocenters. The standard InChI is InChI=1S/2C22H42O2.3C3H8O3/c2*1-2-3-4-5-6-7-8-9-10-11-12-13-14-15-16-17-18-19-20-21-22(23)24;3*4-1-3(6)2-5/h2*9-10H,2-8,11-21H2,1H3,(H,23,24);3*3-6H,1-2H2/b2*10-9-;;;. The number of rotatable bonds is 44. The molecular formula is C53H108O13. The van der Waals surface area contributed by atoms with Gasteiger partial charge in [-0.1, -0.05) is 192 Å². The largest absolute Gasteiger partial charge is 0.481 e. The number of aliphatic carboxylic acids is 2. The zero-order valence-corrected chi connectivity index (χ0v) is 42.5. The molecule has 0 radical (unpaired) electrons. The lowest BCUT2D eigenvalue weighted by Crippen LogP contribution is -2.15. The Balaban J connectivity index is -0.000000274. The van der Waals surface area contributed by atoms with E-state index in [1.165, 1.54) is 193 Å². The Kier molecular flexibility index (Phi) is 77.0. The number of allylic oxidation sites excluding steroid dienone is 4. The van der Waals surface area contributed by atoms with Crippen molar-refractivity contribution in [2.45, 2.75) is 263 Å². The molecule has 0 rings (SSSR count). The van der Waals surface area contributed by atoms with Crippen molar-refractivity contribution in [2.75, 3.05) is 39.6 Å². The summed E-state index contributed by atoms with van der Waals surface area (Å²) < 4.78 is 0. The molecule has 0 aromatic carbocycles. The fourth-order valence-corrected chi connectivity index (χ4v) is 6.28. The summed E-state index contributed by atoms with van der Waals surface area (Å²) in [5, 5.41) is 89.2. The average Bonchev–Trinajstić information content (AvgIpc) is 3.32. The summed E-state index contributed by atoms with van der Waals surface area (Å²) in [6.07, 6.45) is 51.4. The molecule has 0 aliphatic rings. The van der Waals surface area contributed by atoms with Crippen molar-refractivity contribution in [3.05, 3.63) is 24.3 Å². The van der Waals surface area contributed by atoms with E-state index in [-0.39, 0.29) is 39.6 Å². The van der Waals surface area contributed by atoms with Crippen LogP contribution in [0, 0.1) is 0 Å². The number of unbranched alkanes of at least 4 members (excludes halogenated alkanes) is 30. The lowest BCUT2D eigenvalue weighted by Gasteiger charge is -2.01. The molecule has 0 aliphatic heterocycles. The van der Waals surface area contributed by atoms with E-state index in [2.05, 4.69) is 38.2 Å². The minimum absolute atomic E-state index is 0.340. The highest BCUT2D eigenvalue weighted by atomic mass is 16.4. The molecule has 0 aliphatic carbocycles. The first kappa shape index (κ1) is 73.0. The summed E-state index contributed by atoms with van der Waals surface area (Å²) in [5.41, 5.74) is 0. The highest BCUT2D eigenvalue weighted by Gasteiger charge is 1.99. The first-order chi connectivity index (χ1) is 32.0. The minimum atomic E-state index is -0.954. The van der Waals surface area contributed by atoms with Gasteiger partial charge in [0.05, 0.1) is 39.6 Å². The molecule has 0 fully saturated rings. The van der Waals surface area contributed by atoms with Gasteiger partial charge in [0, 0.05) is 12.8 Å². The van der Waals surface area contributed by atoms with Crippen LogP contribution in [0.4, 0.5) is 0 Å². The van der Waals surface area contributed by atoms with Gasteiger partial charge in [-0.2, -0.15) is 0 Å². The quantitative estimate of drug-likeness (QED) is 0.0201. The van der Waals surface area contributed by atoms with Crippen molar-refractivity contribution in [3.63, 3.8) is 0 Å². The molecule has 11 N–H and O–H groups in total. The molecule has 398 valence electrons. The maximum Gasteiger partial charge on any atom is 0.303 e. The van der Waals surface area contributed by atoms with Crippen LogP contribution in [0.2, 0.25) is 0 Å². The van der Waals surface area contributed by atoms with E-state index in [1.807, 2.05) is 0 Å². The number of hydrogen-bond donors (Lipinski definition) is 11. The SMILES string of the molecule is CCCCCCCC/C=C\CCCCCCCCCCCC(=O)O.CCCCCCCC/C=C\CCCCCCCCCCCC(=O)O.OCC(O)CO.OCC(O)CO.OCC(O)CO. The number of carboxylic acids is 2. The molecule has 0 saturated heterocycles. The van der Waals surface area contributed by atoms with Crippen molar-refractivity contribution >= 4 is 11.9 Å². The molecule has 0 bridgehead atoms. The third-order valence-corrected chi connectivity index (χ3v) is 10.6. The van der Waals surface area contributed by atoms with Gasteiger partial charge in [-0.3, -0.25) is 9.59 Å². The van der Waals surface area contributed by atoms with Gasteiger partial charge in [-0.05, 0) is 64.2 Å². The number of hydrogen-bond acceptors (Lipinski definition) is 11. The molecule has 0 aromatic heterocycles. The van der Waals surface area contributed by atoms with Gasteiger partial charge >= 0.3 is 11.9 Å². The van der Waals surface area contributed by atoms with Crippen LogP contribution in [0.1, 0.15) is 245 Å². The van der Waals surface area contributed by atoms with Gasteiger partial charge in [0.1, 0.15) is 18.3 Å². The van der Waals surface area contributed by atoms with E-state index in [1.54, 1.807) is 0 Å². The van der Waals surface area contributed by atoms with E-state index >= 15 is 0 Å². The Labute approximate surface area is 403 Å². The van der Waals surface area contributed by atoms with E-state index < -0.39 is 30.3 Å². The van der Waals surface area contributed by atoms with Gasteiger partial charge in [-0.25, -0.2) is 0 Å². The van der Waals surface area contributed by atoms with E-state index in [0.29, 0.717) is 12.8 Å². The summed E-state index contributed by atoms with van der Waals surface area (Å²) in [7, 11) is 0. The van der Waals surface area contributed by atoms with Crippen molar-refractivity contribution in [1.29, 1.82) is 0 Å². The van der Waals surface area contributed by atoms with Gasteiger partial charge in [0.2, 0.25) is 0 Å². The second-order valence-corrected chi connectivity index (χ2v) is 17.3. The second kappa shape index (κ2) is 69.6. The van der Waals surface area contributed by atoms with Gasteiger partial charge in [0.25, 0.3) is 0 Å². The monoisotopic (exact) mass is 953 g/mol. The maximum absolute atomic E-state index is 10.4. The van der Waals surface area contributed by atoms with Crippen molar-refractivity contribution in [3.8, 4) is 0 Å². The fraction of sp³-hybridized carbons (Fsp3) is 0.887. The fourth-order valence-electron chi connectivity index (χ4n) is 6.28. The van der Waals surface area contributed by atoms with Crippen LogP contribution in [0.25, 0.3) is 0 Å². The minimum Gasteiger partial charge on any atom is -0.481 e. The molecule has 13 nitrogen and oxygen atoms in total. The van der Waals surface area contributed by atoms with Gasteiger partial charge in [0.15, 0.2) is 0 Å². The smallest absolute Gasteiger partial charge is 0.303 e. The van der Waals surface area contributed by atoms with Gasteiger partial charge < -0.3 is 56.2 Å². The second-order valence-electron chi connectivity index (χ2n) is 17.3. The van der Waals surface area contributed by atoms with Crippen LogP contribution in [-0.4, -0.2) is 126 Å². The molecule has 66 heavy (non-hydrogen) atoms. The Hall–Kier alpha value is -1.94. The zero-order chi connectivity index (χ0) is 50.4. The highest BCUT2D eigenvalue weighted by molar-refractivity contribution is 5.66. The van der Waals surface area contributed by atoms with Crippen LogP contribution in [0.15, 0.2) is 24.3 Å². The molecule has 13 heteroatoms. The number of carbonyl (C=O) groups is 2. The molecule has 0 heterocycles. The van der Waals surface area contributed by atoms with Crippen molar-refractivity contribution in [2.24, 2.45) is 0 Å². The first-order valence-corrected chi connectivity index (χ1v) is 26.4. The van der Waals surface area contributed by atoms with Crippen molar-refractivity contribution in [1.82, 2.24) is 0 Å². The Morgan fingerprint density at radius 2 is 0.470 bits per heavy atom. The van der Waals surface area contributed by atoms with E-state index in [4.69, 9.17) is 56.2 Å².